The number of hydrogen-bond acceptors (Lipinski definition) is 3. The minimum absolute atomic E-state index is 0.327. The third-order valence-electron chi connectivity index (χ3n) is 3.58. The maximum Gasteiger partial charge on any atom is 0.435 e. The van der Waals surface area contributed by atoms with Crippen LogP contribution in [0.3, 0.4) is 0 Å². The van der Waals surface area contributed by atoms with Crippen molar-refractivity contribution < 1.29 is 13.2 Å². The maximum absolute atomic E-state index is 12.7. The summed E-state index contributed by atoms with van der Waals surface area (Å²) in [5.41, 5.74) is 1.78. The molecule has 0 aromatic carbocycles. The lowest BCUT2D eigenvalue weighted by Gasteiger charge is -2.07. The average Bonchev–Trinajstić information content (AvgIpc) is 3.03. The van der Waals surface area contributed by atoms with Gasteiger partial charge in [0.25, 0.3) is 0 Å². The molecule has 2 rings (SSSR count). The SMILES string of the molecule is CCn1nc(C(F)(F)F)cc1CNCc1cnn(CC)c1C. The van der Waals surface area contributed by atoms with Crippen molar-refractivity contribution in [2.24, 2.45) is 0 Å². The first-order valence-corrected chi connectivity index (χ1v) is 7.22. The highest BCUT2D eigenvalue weighted by Gasteiger charge is 2.34. The van der Waals surface area contributed by atoms with Gasteiger partial charge in [-0.2, -0.15) is 23.4 Å². The van der Waals surface area contributed by atoms with Crippen LogP contribution in [0.5, 0.6) is 0 Å². The molecule has 2 heterocycles. The first-order valence-electron chi connectivity index (χ1n) is 7.22. The predicted molar refractivity (Wildman–Crippen MR) is 76.1 cm³/mol. The van der Waals surface area contributed by atoms with E-state index >= 15 is 0 Å². The van der Waals surface area contributed by atoms with E-state index in [2.05, 4.69) is 15.5 Å². The Labute approximate surface area is 127 Å². The molecule has 0 spiro atoms. The van der Waals surface area contributed by atoms with Gasteiger partial charge >= 0.3 is 6.18 Å². The first kappa shape index (κ1) is 16.5. The van der Waals surface area contributed by atoms with Crippen LogP contribution < -0.4 is 5.32 Å². The lowest BCUT2D eigenvalue weighted by atomic mass is 10.2. The van der Waals surface area contributed by atoms with Gasteiger partial charge < -0.3 is 5.32 Å². The van der Waals surface area contributed by atoms with E-state index in [1.54, 1.807) is 13.1 Å². The number of aryl methyl sites for hydroxylation is 2. The van der Waals surface area contributed by atoms with Gasteiger partial charge in [-0.05, 0) is 26.8 Å². The van der Waals surface area contributed by atoms with Crippen LogP contribution in [-0.2, 0) is 32.4 Å². The summed E-state index contributed by atoms with van der Waals surface area (Å²) in [5, 5.41) is 11.0. The quantitative estimate of drug-likeness (QED) is 0.891. The minimum atomic E-state index is -4.41. The Morgan fingerprint density at radius 1 is 1.14 bits per heavy atom. The Morgan fingerprint density at radius 3 is 2.36 bits per heavy atom. The lowest BCUT2D eigenvalue weighted by molar-refractivity contribution is -0.141. The van der Waals surface area contributed by atoms with Gasteiger partial charge in [-0.25, -0.2) is 0 Å². The summed E-state index contributed by atoms with van der Waals surface area (Å²) in [4.78, 5) is 0. The molecule has 0 aliphatic heterocycles. The number of nitrogens with zero attached hydrogens (tertiary/aromatic N) is 4. The zero-order valence-electron chi connectivity index (χ0n) is 12.9. The molecule has 8 heteroatoms. The van der Waals surface area contributed by atoms with Crippen LogP contribution in [-0.4, -0.2) is 19.6 Å². The number of halogens is 3. The molecule has 0 saturated heterocycles. The molecule has 0 atom stereocenters. The molecule has 0 saturated carbocycles. The van der Waals surface area contributed by atoms with Crippen LogP contribution >= 0.6 is 0 Å². The zero-order valence-corrected chi connectivity index (χ0v) is 12.9. The van der Waals surface area contributed by atoms with Crippen molar-refractivity contribution in [1.29, 1.82) is 0 Å². The molecule has 0 fully saturated rings. The van der Waals surface area contributed by atoms with E-state index in [1.165, 1.54) is 4.68 Å². The van der Waals surface area contributed by atoms with Crippen molar-refractivity contribution in [3.8, 4) is 0 Å². The third kappa shape index (κ3) is 3.49. The molecule has 2 aromatic rings. The molecular weight excluding hydrogens is 295 g/mol. The van der Waals surface area contributed by atoms with Crippen LogP contribution in [0, 0.1) is 6.92 Å². The number of nitrogens with one attached hydrogen (secondary N) is 1. The number of alkyl halides is 3. The number of aromatic nitrogens is 4. The monoisotopic (exact) mass is 315 g/mol. The molecule has 0 aliphatic carbocycles. The second-order valence-corrected chi connectivity index (χ2v) is 5.01. The van der Waals surface area contributed by atoms with Gasteiger partial charge in [-0.3, -0.25) is 9.36 Å². The van der Waals surface area contributed by atoms with Crippen LogP contribution in [0.4, 0.5) is 13.2 Å². The highest BCUT2D eigenvalue weighted by Crippen LogP contribution is 2.28. The molecule has 2 aromatic heterocycles. The van der Waals surface area contributed by atoms with Crippen molar-refractivity contribution in [1.82, 2.24) is 24.9 Å². The van der Waals surface area contributed by atoms with Crippen molar-refractivity contribution >= 4 is 0 Å². The fraction of sp³-hybridized carbons (Fsp3) is 0.571. The van der Waals surface area contributed by atoms with Gasteiger partial charge in [0.2, 0.25) is 0 Å². The van der Waals surface area contributed by atoms with Gasteiger partial charge in [0.1, 0.15) is 0 Å². The molecule has 0 bridgehead atoms. The fourth-order valence-electron chi connectivity index (χ4n) is 2.31. The Hall–Kier alpha value is -1.83. The molecule has 0 amide bonds. The molecule has 22 heavy (non-hydrogen) atoms. The van der Waals surface area contributed by atoms with Crippen LogP contribution in [0.15, 0.2) is 12.3 Å². The van der Waals surface area contributed by atoms with Crippen LogP contribution in [0.2, 0.25) is 0 Å². The molecule has 1 N–H and O–H groups in total. The summed E-state index contributed by atoms with van der Waals surface area (Å²) < 4.78 is 41.3. The van der Waals surface area contributed by atoms with Gasteiger partial charge in [0.05, 0.1) is 11.9 Å². The largest absolute Gasteiger partial charge is 0.435 e. The second-order valence-electron chi connectivity index (χ2n) is 5.01. The summed E-state index contributed by atoms with van der Waals surface area (Å²) in [5.74, 6) is 0. The molecule has 0 unspecified atom stereocenters. The van der Waals surface area contributed by atoms with E-state index in [0.29, 0.717) is 25.3 Å². The molecule has 0 aliphatic rings. The van der Waals surface area contributed by atoms with Gasteiger partial charge in [0, 0.05) is 37.4 Å². The van der Waals surface area contributed by atoms with Gasteiger partial charge in [-0.1, -0.05) is 0 Å². The van der Waals surface area contributed by atoms with Gasteiger partial charge in [-0.15, -0.1) is 0 Å². The maximum atomic E-state index is 12.7. The van der Waals surface area contributed by atoms with Crippen molar-refractivity contribution in [3.63, 3.8) is 0 Å². The van der Waals surface area contributed by atoms with Crippen molar-refractivity contribution in [2.75, 3.05) is 0 Å². The lowest BCUT2D eigenvalue weighted by Crippen LogP contribution is -2.16. The summed E-state index contributed by atoms with van der Waals surface area (Å²) >= 11 is 0. The van der Waals surface area contributed by atoms with Crippen LogP contribution in [0.1, 0.15) is 36.5 Å². The first-order chi connectivity index (χ1) is 10.4. The number of rotatable bonds is 6. The average molecular weight is 315 g/mol. The van der Waals surface area contributed by atoms with Gasteiger partial charge in [0.15, 0.2) is 5.69 Å². The van der Waals surface area contributed by atoms with Crippen LogP contribution in [0.25, 0.3) is 0 Å². The minimum Gasteiger partial charge on any atom is -0.307 e. The second kappa shape index (κ2) is 6.51. The summed E-state index contributed by atoms with van der Waals surface area (Å²) in [6, 6.07) is 1.10. The van der Waals surface area contributed by atoms with Crippen molar-refractivity contribution in [2.45, 2.75) is 53.1 Å². The standard InChI is InChI=1S/C14H20F3N5/c1-4-21-10(3)11(8-19-21)7-18-9-12-6-13(14(15,16)17)20-22(12)5-2/h6,8,18H,4-5,7,9H2,1-3H3. The Morgan fingerprint density at radius 2 is 1.82 bits per heavy atom. The molecule has 122 valence electrons. The summed E-state index contributed by atoms with van der Waals surface area (Å²) in [7, 11) is 0. The van der Waals surface area contributed by atoms with E-state index in [4.69, 9.17) is 0 Å². The van der Waals surface area contributed by atoms with E-state index in [0.717, 1.165) is 23.9 Å². The molecule has 0 radical (unpaired) electrons. The Balaban J connectivity index is 2.02. The summed E-state index contributed by atoms with van der Waals surface area (Å²) in [6.45, 7) is 7.84. The smallest absolute Gasteiger partial charge is 0.307 e. The molecular formula is C14H20F3N5. The highest BCUT2D eigenvalue weighted by molar-refractivity contribution is 5.17. The zero-order chi connectivity index (χ0) is 16.3. The summed E-state index contributed by atoms with van der Waals surface area (Å²) in [6.07, 6.45) is -2.63. The Bertz CT molecular complexity index is 627. The topological polar surface area (TPSA) is 47.7 Å². The number of hydrogen-bond donors (Lipinski definition) is 1. The molecule has 5 nitrogen and oxygen atoms in total. The highest BCUT2D eigenvalue weighted by atomic mass is 19.4. The fourth-order valence-corrected chi connectivity index (χ4v) is 2.31. The van der Waals surface area contributed by atoms with Crippen molar-refractivity contribution in [3.05, 3.63) is 34.9 Å². The predicted octanol–water partition coefficient (Wildman–Crippen LogP) is 2.74. The third-order valence-corrected chi connectivity index (χ3v) is 3.58. The van der Waals surface area contributed by atoms with E-state index in [1.807, 2.05) is 18.5 Å². The van der Waals surface area contributed by atoms with E-state index in [-0.39, 0.29) is 0 Å². The van der Waals surface area contributed by atoms with E-state index in [9.17, 15) is 13.2 Å². The normalized spacial score (nSPS) is 12.1. The van der Waals surface area contributed by atoms with E-state index < -0.39 is 11.9 Å². The Kier molecular flexibility index (Phi) is 4.90.